The van der Waals surface area contributed by atoms with Crippen LogP contribution >= 0.6 is 11.3 Å². The molecule has 2 atom stereocenters. The van der Waals surface area contributed by atoms with Crippen molar-refractivity contribution in [2.75, 3.05) is 32.8 Å². The van der Waals surface area contributed by atoms with Gasteiger partial charge in [-0.2, -0.15) is 0 Å². The third-order valence-electron chi connectivity index (χ3n) is 5.65. The van der Waals surface area contributed by atoms with Crippen LogP contribution in [0.25, 0.3) is 0 Å². The predicted octanol–water partition coefficient (Wildman–Crippen LogP) is 4.21. The largest absolute Gasteiger partial charge is 0.491 e. The molecular formula is C25H34N2O3S. The summed E-state index contributed by atoms with van der Waals surface area (Å²) in [7, 11) is 0. The zero-order valence-electron chi connectivity index (χ0n) is 18.6. The molecule has 0 saturated carbocycles. The highest BCUT2D eigenvalue weighted by atomic mass is 32.1. The lowest BCUT2D eigenvalue weighted by atomic mass is 10.0. The highest BCUT2D eigenvalue weighted by molar-refractivity contribution is 7.10. The Kier molecular flexibility index (Phi) is 8.69. The molecule has 1 aromatic carbocycles. The molecule has 2 heterocycles. The molecule has 1 amide bonds. The molecule has 0 bridgehead atoms. The fourth-order valence-corrected chi connectivity index (χ4v) is 5.07. The number of aliphatic hydroxyl groups is 1. The summed E-state index contributed by atoms with van der Waals surface area (Å²) in [6.07, 6.45) is 3.89. The van der Waals surface area contributed by atoms with Crippen molar-refractivity contribution in [2.45, 2.75) is 45.3 Å². The average molecular weight is 443 g/mol. The molecule has 6 heteroatoms. The van der Waals surface area contributed by atoms with Gasteiger partial charge >= 0.3 is 0 Å². The van der Waals surface area contributed by atoms with Crippen LogP contribution in [0, 0.1) is 6.92 Å². The van der Waals surface area contributed by atoms with Gasteiger partial charge in [0.05, 0.1) is 18.7 Å². The number of hydrogen-bond donors (Lipinski definition) is 1. The third kappa shape index (κ3) is 6.42. The third-order valence-corrected chi connectivity index (χ3v) is 6.65. The normalized spacial score (nSPS) is 16.8. The molecule has 1 N–H and O–H groups in total. The first kappa shape index (κ1) is 23.5. The van der Waals surface area contributed by atoms with E-state index in [1.807, 2.05) is 41.0 Å². The number of aryl methyl sites for hydroxylation is 1. The Morgan fingerprint density at radius 3 is 3.03 bits per heavy atom. The van der Waals surface area contributed by atoms with Gasteiger partial charge in [-0.3, -0.25) is 9.69 Å². The highest BCUT2D eigenvalue weighted by Crippen LogP contribution is 2.34. The van der Waals surface area contributed by atoms with Gasteiger partial charge < -0.3 is 14.7 Å². The Morgan fingerprint density at radius 2 is 2.29 bits per heavy atom. The van der Waals surface area contributed by atoms with E-state index in [-0.39, 0.29) is 18.5 Å². The lowest BCUT2D eigenvalue weighted by molar-refractivity contribution is -0.136. The van der Waals surface area contributed by atoms with E-state index in [0.29, 0.717) is 26.2 Å². The van der Waals surface area contributed by atoms with Gasteiger partial charge in [0, 0.05) is 24.5 Å². The topological polar surface area (TPSA) is 53.0 Å². The summed E-state index contributed by atoms with van der Waals surface area (Å²) in [5, 5.41) is 12.3. The van der Waals surface area contributed by atoms with Gasteiger partial charge in [-0.1, -0.05) is 31.6 Å². The van der Waals surface area contributed by atoms with E-state index in [1.54, 1.807) is 17.4 Å². The van der Waals surface area contributed by atoms with E-state index in [2.05, 4.69) is 24.9 Å². The van der Waals surface area contributed by atoms with Crippen molar-refractivity contribution in [2.24, 2.45) is 0 Å². The van der Waals surface area contributed by atoms with Gasteiger partial charge in [-0.15, -0.1) is 17.9 Å². The zero-order chi connectivity index (χ0) is 22.2. The van der Waals surface area contributed by atoms with Crippen LogP contribution in [0.2, 0.25) is 0 Å². The van der Waals surface area contributed by atoms with Gasteiger partial charge in [-0.05, 0) is 54.5 Å². The van der Waals surface area contributed by atoms with E-state index < -0.39 is 6.10 Å². The average Bonchev–Trinajstić information content (AvgIpc) is 3.21. The van der Waals surface area contributed by atoms with Gasteiger partial charge in [-0.25, -0.2) is 0 Å². The minimum absolute atomic E-state index is 0.0697. The van der Waals surface area contributed by atoms with Crippen molar-refractivity contribution in [1.29, 1.82) is 0 Å². The lowest BCUT2D eigenvalue weighted by Crippen LogP contribution is -2.47. The van der Waals surface area contributed by atoms with Crippen molar-refractivity contribution >= 4 is 17.2 Å². The number of ether oxygens (including phenoxy) is 1. The maximum atomic E-state index is 13.3. The van der Waals surface area contributed by atoms with Crippen molar-refractivity contribution in [1.82, 2.24) is 9.80 Å². The second kappa shape index (κ2) is 11.5. The SMILES string of the molecule is C=CCN(CC(=O)N1CCc2sccc2C1COc1cccc(C)c1)CC(O)CCC. The van der Waals surface area contributed by atoms with Crippen LogP contribution in [-0.4, -0.2) is 59.7 Å². The molecule has 1 aliphatic heterocycles. The van der Waals surface area contributed by atoms with Crippen molar-refractivity contribution in [3.8, 4) is 5.75 Å². The van der Waals surface area contributed by atoms with Crippen LogP contribution in [0.3, 0.4) is 0 Å². The molecule has 0 fully saturated rings. The fraction of sp³-hybridized carbons (Fsp3) is 0.480. The summed E-state index contributed by atoms with van der Waals surface area (Å²) in [4.78, 5) is 18.6. The Hall–Kier alpha value is -2.15. The summed E-state index contributed by atoms with van der Waals surface area (Å²) in [5.41, 5.74) is 2.34. The minimum Gasteiger partial charge on any atom is -0.491 e. The molecule has 0 radical (unpaired) electrons. The number of nitrogens with zero attached hydrogens (tertiary/aromatic N) is 2. The number of carbonyl (C=O) groups is 1. The highest BCUT2D eigenvalue weighted by Gasteiger charge is 2.33. The Labute approximate surface area is 189 Å². The summed E-state index contributed by atoms with van der Waals surface area (Å²) >= 11 is 1.75. The number of aliphatic hydroxyl groups excluding tert-OH is 1. The summed E-state index contributed by atoms with van der Waals surface area (Å²) in [5.74, 6) is 0.894. The van der Waals surface area contributed by atoms with E-state index >= 15 is 0 Å². The van der Waals surface area contributed by atoms with Crippen LogP contribution in [0.5, 0.6) is 5.75 Å². The maximum absolute atomic E-state index is 13.3. The fourth-order valence-electron chi connectivity index (χ4n) is 4.15. The number of carbonyl (C=O) groups excluding carboxylic acids is 1. The van der Waals surface area contributed by atoms with Crippen LogP contribution < -0.4 is 4.74 Å². The maximum Gasteiger partial charge on any atom is 0.237 e. The van der Waals surface area contributed by atoms with Crippen LogP contribution in [0.1, 0.15) is 41.8 Å². The van der Waals surface area contributed by atoms with Crippen molar-refractivity contribution in [3.05, 3.63) is 64.4 Å². The first-order chi connectivity index (χ1) is 15.0. The molecule has 0 spiro atoms. The number of amides is 1. The van der Waals surface area contributed by atoms with Gasteiger partial charge in [0.25, 0.3) is 0 Å². The van der Waals surface area contributed by atoms with E-state index in [0.717, 1.165) is 30.6 Å². The van der Waals surface area contributed by atoms with E-state index in [9.17, 15) is 9.90 Å². The van der Waals surface area contributed by atoms with Gasteiger partial charge in [0.15, 0.2) is 0 Å². The quantitative estimate of drug-likeness (QED) is 0.530. The molecule has 2 aromatic rings. The predicted molar refractivity (Wildman–Crippen MR) is 127 cm³/mol. The van der Waals surface area contributed by atoms with Crippen LogP contribution in [-0.2, 0) is 11.2 Å². The van der Waals surface area contributed by atoms with Gasteiger partial charge in [0.2, 0.25) is 5.91 Å². The summed E-state index contributed by atoms with van der Waals surface area (Å²) in [6.45, 7) is 10.4. The summed E-state index contributed by atoms with van der Waals surface area (Å²) < 4.78 is 6.12. The molecule has 5 nitrogen and oxygen atoms in total. The number of rotatable bonds is 11. The standard InChI is InChI=1S/C25H34N2O3S/c1-4-7-20(28)16-26(12-5-2)17-25(29)27-13-10-24-22(11-14-31-24)23(27)18-30-21-9-6-8-19(3)15-21/h5-6,8-9,11,14-15,20,23,28H,2,4,7,10,12-13,16-18H2,1,3H3. The molecule has 0 aliphatic carbocycles. The monoisotopic (exact) mass is 442 g/mol. The second-order valence-electron chi connectivity index (χ2n) is 8.20. The lowest BCUT2D eigenvalue weighted by Gasteiger charge is -2.37. The van der Waals surface area contributed by atoms with E-state index in [1.165, 1.54) is 10.4 Å². The van der Waals surface area contributed by atoms with Crippen molar-refractivity contribution in [3.63, 3.8) is 0 Å². The molecule has 168 valence electrons. The van der Waals surface area contributed by atoms with Gasteiger partial charge in [0.1, 0.15) is 12.4 Å². The molecule has 0 saturated heterocycles. The molecule has 31 heavy (non-hydrogen) atoms. The second-order valence-corrected chi connectivity index (χ2v) is 9.21. The number of fused-ring (bicyclic) bond motifs is 1. The molecule has 1 aliphatic rings. The molecule has 3 rings (SSSR count). The Bertz CT molecular complexity index is 866. The number of benzene rings is 1. The first-order valence-electron chi connectivity index (χ1n) is 11.1. The zero-order valence-corrected chi connectivity index (χ0v) is 19.4. The Morgan fingerprint density at radius 1 is 1.45 bits per heavy atom. The summed E-state index contributed by atoms with van der Waals surface area (Å²) in [6, 6.07) is 10.0. The van der Waals surface area contributed by atoms with Crippen LogP contribution in [0.4, 0.5) is 0 Å². The molecule has 1 aromatic heterocycles. The first-order valence-corrected chi connectivity index (χ1v) is 12.0. The minimum atomic E-state index is -0.428. The molecular weight excluding hydrogens is 408 g/mol. The van der Waals surface area contributed by atoms with Crippen molar-refractivity contribution < 1.29 is 14.6 Å². The Balaban J connectivity index is 1.72. The number of hydrogen-bond acceptors (Lipinski definition) is 5. The molecule has 2 unspecified atom stereocenters. The van der Waals surface area contributed by atoms with Crippen LogP contribution in [0.15, 0.2) is 48.4 Å². The smallest absolute Gasteiger partial charge is 0.237 e. The number of thiophene rings is 1. The van der Waals surface area contributed by atoms with E-state index in [4.69, 9.17) is 4.74 Å².